The van der Waals surface area contributed by atoms with Crippen LogP contribution in [-0.4, -0.2) is 10.2 Å². The van der Waals surface area contributed by atoms with Crippen molar-refractivity contribution in [3.63, 3.8) is 0 Å². The number of hydrogen-bond acceptors (Lipinski definition) is 2. The van der Waals surface area contributed by atoms with Crippen molar-refractivity contribution in [3.8, 4) is 17.3 Å². The van der Waals surface area contributed by atoms with Crippen LogP contribution in [0.2, 0.25) is 5.02 Å². The van der Waals surface area contributed by atoms with Gasteiger partial charge in [-0.15, -0.1) is 0 Å². The van der Waals surface area contributed by atoms with E-state index in [0.29, 0.717) is 16.3 Å². The lowest BCUT2D eigenvalue weighted by atomic mass is 10.1. The Morgan fingerprint density at radius 2 is 2.00 bits per heavy atom. The highest BCUT2D eigenvalue weighted by Crippen LogP contribution is 2.26. The van der Waals surface area contributed by atoms with Gasteiger partial charge in [0.15, 0.2) is 0 Å². The predicted molar refractivity (Wildman–Crippen MR) is 56.6 cm³/mol. The first-order chi connectivity index (χ1) is 7.24. The van der Waals surface area contributed by atoms with Crippen LogP contribution in [0.4, 0.5) is 0 Å². The minimum absolute atomic E-state index is 0.0445. The maximum absolute atomic E-state index is 11.2. The largest absolute Gasteiger partial charge is 0.296 e. The van der Waals surface area contributed by atoms with Crippen molar-refractivity contribution in [2.75, 3.05) is 0 Å². The van der Waals surface area contributed by atoms with E-state index in [2.05, 4.69) is 10.2 Å². The molecule has 2 rings (SSSR count). The van der Waals surface area contributed by atoms with Crippen LogP contribution in [0.3, 0.4) is 0 Å². The summed E-state index contributed by atoms with van der Waals surface area (Å²) in [5.41, 5.74) is 0.665. The number of hydrogen-bond donors (Lipinski definition) is 2. The van der Waals surface area contributed by atoms with E-state index >= 15 is 0 Å². The molecule has 0 fully saturated rings. The molecular formula is C10H6ClN3O. The monoisotopic (exact) mass is 219 g/mol. The van der Waals surface area contributed by atoms with Crippen LogP contribution in [0.1, 0.15) is 5.56 Å². The fourth-order valence-corrected chi connectivity index (χ4v) is 1.56. The number of rotatable bonds is 1. The van der Waals surface area contributed by atoms with Gasteiger partial charge in [0.1, 0.15) is 11.6 Å². The highest BCUT2D eigenvalue weighted by Gasteiger charge is 2.12. The maximum atomic E-state index is 11.2. The Balaban J connectivity index is 2.71. The minimum atomic E-state index is -0.438. The summed E-state index contributed by atoms with van der Waals surface area (Å²) in [6, 6.07) is 8.84. The molecule has 0 saturated carbocycles. The molecule has 0 spiro atoms. The van der Waals surface area contributed by atoms with Gasteiger partial charge in [-0.2, -0.15) is 5.26 Å². The molecule has 1 aromatic carbocycles. The summed E-state index contributed by atoms with van der Waals surface area (Å²) in [5, 5.41) is 14.3. The molecule has 4 nitrogen and oxygen atoms in total. The number of H-pyrrole nitrogens is 2. The van der Waals surface area contributed by atoms with Gasteiger partial charge in [-0.25, -0.2) is 0 Å². The number of aromatic nitrogens is 2. The van der Waals surface area contributed by atoms with Crippen LogP contribution in [0.25, 0.3) is 11.3 Å². The van der Waals surface area contributed by atoms with E-state index in [1.807, 2.05) is 6.07 Å². The van der Waals surface area contributed by atoms with E-state index in [1.165, 1.54) is 0 Å². The van der Waals surface area contributed by atoms with Crippen molar-refractivity contribution in [2.45, 2.75) is 0 Å². The highest BCUT2D eigenvalue weighted by atomic mass is 35.5. The fraction of sp³-hybridized carbons (Fsp3) is 0. The van der Waals surface area contributed by atoms with Gasteiger partial charge in [-0.1, -0.05) is 29.8 Å². The van der Waals surface area contributed by atoms with E-state index in [9.17, 15) is 4.79 Å². The standard InChI is InChI=1S/C10H6ClN3O/c11-8-4-2-1-3-6(8)9-7(5-12)10(15)14-13-9/h1-4H,(H2,13,14,15). The molecule has 74 valence electrons. The minimum Gasteiger partial charge on any atom is -0.296 e. The predicted octanol–water partition coefficient (Wildman–Crippen LogP) is 1.90. The third-order valence-corrected chi connectivity index (χ3v) is 2.36. The molecular weight excluding hydrogens is 214 g/mol. The number of benzene rings is 1. The molecule has 0 amide bonds. The quantitative estimate of drug-likeness (QED) is 0.769. The van der Waals surface area contributed by atoms with Crippen LogP contribution >= 0.6 is 11.6 Å². The van der Waals surface area contributed by atoms with E-state index in [4.69, 9.17) is 16.9 Å². The lowest BCUT2D eigenvalue weighted by Gasteiger charge is -2.00. The summed E-state index contributed by atoms with van der Waals surface area (Å²) in [6.07, 6.45) is 0. The molecule has 0 bridgehead atoms. The molecule has 2 N–H and O–H groups in total. The molecule has 15 heavy (non-hydrogen) atoms. The fourth-order valence-electron chi connectivity index (χ4n) is 1.33. The summed E-state index contributed by atoms with van der Waals surface area (Å²) in [6.45, 7) is 0. The van der Waals surface area contributed by atoms with Crippen molar-refractivity contribution in [1.29, 1.82) is 5.26 Å². The van der Waals surface area contributed by atoms with Crippen LogP contribution in [-0.2, 0) is 0 Å². The Labute approximate surface area is 90.1 Å². The Hall–Kier alpha value is -1.99. The van der Waals surface area contributed by atoms with Crippen molar-refractivity contribution in [3.05, 3.63) is 45.2 Å². The summed E-state index contributed by atoms with van der Waals surface area (Å²) in [7, 11) is 0. The first-order valence-corrected chi connectivity index (χ1v) is 4.57. The normalized spacial score (nSPS) is 9.87. The van der Waals surface area contributed by atoms with E-state index in [0.717, 1.165) is 0 Å². The topological polar surface area (TPSA) is 72.4 Å². The second kappa shape index (κ2) is 3.64. The third-order valence-electron chi connectivity index (χ3n) is 2.03. The zero-order chi connectivity index (χ0) is 10.8. The van der Waals surface area contributed by atoms with Gasteiger partial charge in [-0.05, 0) is 6.07 Å². The van der Waals surface area contributed by atoms with Gasteiger partial charge in [0, 0.05) is 10.6 Å². The third kappa shape index (κ3) is 1.53. The molecule has 0 aliphatic heterocycles. The molecule has 0 atom stereocenters. The first kappa shape index (κ1) is 9.56. The molecule has 1 heterocycles. The van der Waals surface area contributed by atoms with Gasteiger partial charge in [-0.3, -0.25) is 15.0 Å². The number of nitriles is 1. The Morgan fingerprint density at radius 3 is 2.67 bits per heavy atom. The van der Waals surface area contributed by atoms with Crippen molar-refractivity contribution < 1.29 is 0 Å². The molecule has 0 unspecified atom stereocenters. The van der Waals surface area contributed by atoms with Crippen LogP contribution < -0.4 is 5.56 Å². The molecule has 0 saturated heterocycles. The second-order valence-corrected chi connectivity index (χ2v) is 3.33. The number of halogens is 1. The van der Waals surface area contributed by atoms with Crippen LogP contribution in [0, 0.1) is 11.3 Å². The average Bonchev–Trinajstić information content (AvgIpc) is 2.60. The second-order valence-electron chi connectivity index (χ2n) is 2.92. The molecule has 0 radical (unpaired) electrons. The molecule has 1 aromatic heterocycles. The zero-order valence-corrected chi connectivity index (χ0v) is 8.30. The summed E-state index contributed by atoms with van der Waals surface area (Å²) in [4.78, 5) is 11.2. The Morgan fingerprint density at radius 1 is 1.27 bits per heavy atom. The van der Waals surface area contributed by atoms with Gasteiger partial charge < -0.3 is 0 Å². The van der Waals surface area contributed by atoms with Gasteiger partial charge in [0.25, 0.3) is 5.56 Å². The summed E-state index contributed by atoms with van der Waals surface area (Å²) in [5.74, 6) is 0. The van der Waals surface area contributed by atoms with Crippen molar-refractivity contribution >= 4 is 11.6 Å². The molecule has 5 heteroatoms. The molecule has 2 aromatic rings. The lowest BCUT2D eigenvalue weighted by molar-refractivity contribution is 1.06. The number of aromatic amines is 2. The highest BCUT2D eigenvalue weighted by molar-refractivity contribution is 6.33. The maximum Gasteiger partial charge on any atom is 0.282 e. The Kier molecular flexibility index (Phi) is 2.32. The van der Waals surface area contributed by atoms with Gasteiger partial charge in [0.2, 0.25) is 0 Å². The van der Waals surface area contributed by atoms with Gasteiger partial charge >= 0.3 is 0 Å². The molecule has 0 aliphatic rings. The smallest absolute Gasteiger partial charge is 0.282 e. The first-order valence-electron chi connectivity index (χ1n) is 4.19. The van der Waals surface area contributed by atoms with Crippen molar-refractivity contribution in [2.24, 2.45) is 0 Å². The van der Waals surface area contributed by atoms with Crippen LogP contribution in [0.15, 0.2) is 29.1 Å². The van der Waals surface area contributed by atoms with E-state index in [1.54, 1.807) is 24.3 Å². The summed E-state index contributed by atoms with van der Waals surface area (Å²) >= 11 is 5.95. The van der Waals surface area contributed by atoms with Crippen molar-refractivity contribution in [1.82, 2.24) is 10.2 Å². The number of nitrogens with zero attached hydrogens (tertiary/aromatic N) is 1. The lowest BCUT2D eigenvalue weighted by Crippen LogP contribution is -2.01. The average molecular weight is 220 g/mol. The SMILES string of the molecule is N#Cc1c(-c2ccccc2Cl)[nH][nH]c1=O. The zero-order valence-electron chi connectivity index (χ0n) is 7.54. The number of nitrogens with one attached hydrogen (secondary N) is 2. The summed E-state index contributed by atoms with van der Waals surface area (Å²) < 4.78 is 0. The Bertz CT molecular complexity index is 591. The van der Waals surface area contributed by atoms with E-state index in [-0.39, 0.29) is 5.56 Å². The van der Waals surface area contributed by atoms with Gasteiger partial charge in [0.05, 0.1) is 5.69 Å². The van der Waals surface area contributed by atoms with E-state index < -0.39 is 5.56 Å². The van der Waals surface area contributed by atoms with Crippen LogP contribution in [0.5, 0.6) is 0 Å². The molecule has 0 aliphatic carbocycles.